The molecule has 0 radical (unpaired) electrons. The average Bonchev–Trinajstić information content (AvgIpc) is 2.39. The second-order valence-corrected chi connectivity index (χ2v) is 5.89. The van der Waals surface area contributed by atoms with Crippen molar-refractivity contribution in [2.75, 3.05) is 13.1 Å². The number of aliphatic hydroxyl groups is 1. The van der Waals surface area contributed by atoms with Gasteiger partial charge in [-0.25, -0.2) is 0 Å². The van der Waals surface area contributed by atoms with Crippen molar-refractivity contribution >= 4 is 5.97 Å². The van der Waals surface area contributed by atoms with Gasteiger partial charge in [0.2, 0.25) is 0 Å². The number of hydrogen-bond donors (Lipinski definition) is 2. The molecule has 1 saturated carbocycles. The molecule has 0 aromatic heterocycles. The van der Waals surface area contributed by atoms with E-state index in [1.807, 2.05) is 6.92 Å². The third kappa shape index (κ3) is 2.54. The summed E-state index contributed by atoms with van der Waals surface area (Å²) in [6, 6.07) is 0.266. The Labute approximate surface area is 109 Å². The van der Waals surface area contributed by atoms with Crippen LogP contribution in [0.5, 0.6) is 0 Å². The van der Waals surface area contributed by atoms with Crippen LogP contribution in [-0.2, 0) is 4.79 Å². The van der Waals surface area contributed by atoms with E-state index in [0.717, 1.165) is 45.2 Å². The van der Waals surface area contributed by atoms with E-state index in [1.165, 1.54) is 6.42 Å². The monoisotopic (exact) mass is 255 g/mol. The third-order valence-electron chi connectivity index (χ3n) is 5.05. The SMILES string of the molecule is CCC1(C(=O)O)CCN(C2CCCCC2O)CC1. The molecule has 0 spiro atoms. The fraction of sp³-hybridized carbons (Fsp3) is 0.929. The van der Waals surface area contributed by atoms with Crippen LogP contribution in [-0.4, -0.2) is 46.3 Å². The molecule has 104 valence electrons. The molecule has 2 aliphatic rings. The smallest absolute Gasteiger partial charge is 0.309 e. The van der Waals surface area contributed by atoms with Crippen LogP contribution in [0.1, 0.15) is 51.9 Å². The summed E-state index contributed by atoms with van der Waals surface area (Å²) in [4.78, 5) is 13.7. The predicted molar refractivity (Wildman–Crippen MR) is 69.4 cm³/mol. The Morgan fingerprint density at radius 3 is 2.39 bits per heavy atom. The van der Waals surface area contributed by atoms with Gasteiger partial charge in [0, 0.05) is 6.04 Å². The van der Waals surface area contributed by atoms with Crippen molar-refractivity contribution in [1.29, 1.82) is 0 Å². The summed E-state index contributed by atoms with van der Waals surface area (Å²) in [5, 5.41) is 19.4. The summed E-state index contributed by atoms with van der Waals surface area (Å²) in [5.74, 6) is -0.645. The Kier molecular flexibility index (Phi) is 4.28. The van der Waals surface area contributed by atoms with Crippen LogP contribution in [0.15, 0.2) is 0 Å². The minimum absolute atomic E-state index is 0.210. The topological polar surface area (TPSA) is 60.8 Å². The van der Waals surface area contributed by atoms with Crippen molar-refractivity contribution < 1.29 is 15.0 Å². The van der Waals surface area contributed by atoms with Crippen molar-refractivity contribution in [1.82, 2.24) is 4.90 Å². The number of carbonyl (C=O) groups is 1. The number of aliphatic hydroxyl groups excluding tert-OH is 1. The van der Waals surface area contributed by atoms with Crippen molar-refractivity contribution in [2.45, 2.75) is 64.0 Å². The van der Waals surface area contributed by atoms with Gasteiger partial charge in [-0.15, -0.1) is 0 Å². The molecule has 0 bridgehead atoms. The standard InChI is InChI=1S/C14H25NO3/c1-2-14(13(17)18)7-9-15(10-8-14)11-5-3-4-6-12(11)16/h11-12,16H,2-10H2,1H3,(H,17,18). The fourth-order valence-corrected chi connectivity index (χ4v) is 3.52. The molecule has 4 nitrogen and oxygen atoms in total. The number of rotatable bonds is 3. The van der Waals surface area contributed by atoms with Crippen molar-refractivity contribution in [2.24, 2.45) is 5.41 Å². The van der Waals surface area contributed by atoms with Crippen molar-refractivity contribution in [3.8, 4) is 0 Å². The molecule has 2 fully saturated rings. The van der Waals surface area contributed by atoms with Gasteiger partial charge < -0.3 is 10.2 Å². The Bertz CT molecular complexity index is 297. The van der Waals surface area contributed by atoms with Gasteiger partial charge in [0.25, 0.3) is 0 Å². The van der Waals surface area contributed by atoms with Crippen LogP contribution in [0.3, 0.4) is 0 Å². The van der Waals surface area contributed by atoms with Crippen LogP contribution in [0.2, 0.25) is 0 Å². The van der Waals surface area contributed by atoms with Crippen LogP contribution >= 0.6 is 0 Å². The van der Waals surface area contributed by atoms with Gasteiger partial charge >= 0.3 is 5.97 Å². The molecule has 0 aromatic carbocycles. The number of likely N-dealkylation sites (tertiary alicyclic amines) is 1. The number of hydrogen-bond acceptors (Lipinski definition) is 3. The molecule has 2 unspecified atom stereocenters. The van der Waals surface area contributed by atoms with Gasteiger partial charge in [-0.05, 0) is 45.2 Å². The summed E-state index contributed by atoms with van der Waals surface area (Å²) in [6.07, 6.45) is 6.23. The molecular formula is C14H25NO3. The maximum Gasteiger partial charge on any atom is 0.309 e. The van der Waals surface area contributed by atoms with Gasteiger partial charge in [-0.1, -0.05) is 19.8 Å². The van der Waals surface area contributed by atoms with Crippen molar-refractivity contribution in [3.05, 3.63) is 0 Å². The van der Waals surface area contributed by atoms with Crippen LogP contribution < -0.4 is 0 Å². The minimum atomic E-state index is -0.645. The normalized spacial score (nSPS) is 33.2. The zero-order chi connectivity index (χ0) is 13.2. The van der Waals surface area contributed by atoms with Crippen molar-refractivity contribution in [3.63, 3.8) is 0 Å². The highest BCUT2D eigenvalue weighted by atomic mass is 16.4. The van der Waals surface area contributed by atoms with E-state index in [0.29, 0.717) is 6.42 Å². The number of carboxylic acid groups (broad SMARTS) is 1. The molecule has 0 aromatic rings. The zero-order valence-corrected chi connectivity index (χ0v) is 11.3. The lowest BCUT2D eigenvalue weighted by Gasteiger charge is -2.44. The lowest BCUT2D eigenvalue weighted by atomic mass is 9.75. The second kappa shape index (κ2) is 5.57. The van der Waals surface area contributed by atoms with Crippen LogP contribution in [0.25, 0.3) is 0 Å². The third-order valence-corrected chi connectivity index (χ3v) is 5.05. The Balaban J connectivity index is 1.95. The molecule has 2 N–H and O–H groups in total. The lowest BCUT2D eigenvalue weighted by molar-refractivity contribution is -0.153. The molecule has 1 aliphatic carbocycles. The molecule has 2 atom stereocenters. The lowest BCUT2D eigenvalue weighted by Crippen LogP contribution is -2.52. The molecule has 1 aliphatic heterocycles. The average molecular weight is 255 g/mol. The second-order valence-electron chi connectivity index (χ2n) is 5.89. The number of aliphatic carboxylic acids is 1. The first kappa shape index (κ1) is 13.8. The van der Waals surface area contributed by atoms with Gasteiger partial charge in [-0.3, -0.25) is 9.69 Å². The van der Waals surface area contributed by atoms with E-state index < -0.39 is 11.4 Å². The molecule has 18 heavy (non-hydrogen) atoms. The number of piperidine rings is 1. The molecule has 1 saturated heterocycles. The number of nitrogens with zero attached hydrogens (tertiary/aromatic N) is 1. The summed E-state index contributed by atoms with van der Waals surface area (Å²) < 4.78 is 0. The fourth-order valence-electron chi connectivity index (χ4n) is 3.52. The summed E-state index contributed by atoms with van der Waals surface area (Å²) in [7, 11) is 0. The predicted octanol–water partition coefficient (Wildman–Crippen LogP) is 1.87. The molecule has 1 heterocycles. The highest BCUT2D eigenvalue weighted by Crippen LogP contribution is 2.37. The van der Waals surface area contributed by atoms with Gasteiger partial charge in [-0.2, -0.15) is 0 Å². The molecular weight excluding hydrogens is 230 g/mol. The summed E-state index contributed by atoms with van der Waals surface area (Å²) in [5.41, 5.74) is -0.518. The highest BCUT2D eigenvalue weighted by Gasteiger charge is 2.42. The Morgan fingerprint density at radius 1 is 1.28 bits per heavy atom. The summed E-state index contributed by atoms with van der Waals surface area (Å²) in [6.45, 7) is 3.61. The van der Waals surface area contributed by atoms with E-state index in [1.54, 1.807) is 0 Å². The van der Waals surface area contributed by atoms with Gasteiger partial charge in [0.15, 0.2) is 0 Å². The molecule has 2 rings (SSSR count). The van der Waals surface area contributed by atoms with Gasteiger partial charge in [0.05, 0.1) is 11.5 Å². The Morgan fingerprint density at radius 2 is 1.89 bits per heavy atom. The maximum atomic E-state index is 11.4. The summed E-state index contributed by atoms with van der Waals surface area (Å²) >= 11 is 0. The molecule has 0 amide bonds. The first-order valence-corrected chi connectivity index (χ1v) is 7.24. The van der Waals surface area contributed by atoms with Crippen LogP contribution in [0.4, 0.5) is 0 Å². The van der Waals surface area contributed by atoms with Crippen LogP contribution in [0, 0.1) is 5.41 Å². The van der Waals surface area contributed by atoms with E-state index in [4.69, 9.17) is 0 Å². The van der Waals surface area contributed by atoms with E-state index in [2.05, 4.69) is 4.90 Å². The first-order valence-electron chi connectivity index (χ1n) is 7.24. The quantitative estimate of drug-likeness (QED) is 0.808. The first-order chi connectivity index (χ1) is 8.59. The number of carboxylic acids is 1. The van der Waals surface area contributed by atoms with E-state index >= 15 is 0 Å². The van der Waals surface area contributed by atoms with E-state index in [-0.39, 0.29) is 12.1 Å². The Hall–Kier alpha value is -0.610. The maximum absolute atomic E-state index is 11.4. The minimum Gasteiger partial charge on any atom is -0.481 e. The largest absolute Gasteiger partial charge is 0.481 e. The molecule has 4 heteroatoms. The zero-order valence-electron chi connectivity index (χ0n) is 11.3. The van der Waals surface area contributed by atoms with Gasteiger partial charge in [0.1, 0.15) is 0 Å². The van der Waals surface area contributed by atoms with E-state index in [9.17, 15) is 15.0 Å². The highest BCUT2D eigenvalue weighted by molar-refractivity contribution is 5.74.